The van der Waals surface area contributed by atoms with Gasteiger partial charge in [-0.2, -0.15) is 0 Å². The molecule has 0 unspecified atom stereocenters. The lowest BCUT2D eigenvalue weighted by molar-refractivity contribution is 0.102. The zero-order valence-electron chi connectivity index (χ0n) is 9.52. The number of nitrogens with one attached hydrogen (secondary N) is 1. The van der Waals surface area contributed by atoms with Gasteiger partial charge in [0.1, 0.15) is 11.5 Å². The number of carbonyl (C=O) groups excluding carboxylic acids is 1. The zero-order chi connectivity index (χ0) is 14.0. The maximum absolute atomic E-state index is 12.0. The first-order valence-corrected chi connectivity index (χ1v) is 6.43. The van der Waals surface area contributed by atoms with Gasteiger partial charge in [0.05, 0.1) is 11.3 Å². The van der Waals surface area contributed by atoms with Crippen LogP contribution in [0.2, 0.25) is 5.02 Å². The monoisotopic (exact) mass is 341 g/mol. The Bertz CT molecular complexity index is 646. The quantitative estimate of drug-likeness (QED) is 0.778. The second-order valence-electron chi connectivity index (χ2n) is 3.78. The fraction of sp³-hybridized carbons (Fsp3) is 0. The first-order chi connectivity index (χ1) is 8.97. The van der Waals surface area contributed by atoms with Crippen LogP contribution in [0.15, 0.2) is 40.9 Å². The van der Waals surface area contributed by atoms with Gasteiger partial charge in [-0.3, -0.25) is 4.79 Å². The van der Waals surface area contributed by atoms with Crippen molar-refractivity contribution < 1.29 is 15.0 Å². The number of rotatable bonds is 2. The van der Waals surface area contributed by atoms with Gasteiger partial charge in [0.2, 0.25) is 0 Å². The highest BCUT2D eigenvalue weighted by atomic mass is 79.9. The Morgan fingerprint density at radius 2 is 1.89 bits per heavy atom. The van der Waals surface area contributed by atoms with Crippen molar-refractivity contribution in [1.82, 2.24) is 0 Å². The zero-order valence-corrected chi connectivity index (χ0v) is 11.9. The molecule has 2 aromatic carbocycles. The molecule has 0 saturated carbocycles. The van der Waals surface area contributed by atoms with Gasteiger partial charge in [-0.05, 0) is 46.3 Å². The number of hydrogen-bond acceptors (Lipinski definition) is 3. The molecule has 0 aliphatic heterocycles. The fourth-order valence-corrected chi connectivity index (χ4v) is 2.27. The van der Waals surface area contributed by atoms with Crippen molar-refractivity contribution in [2.24, 2.45) is 0 Å². The Morgan fingerprint density at radius 3 is 2.53 bits per heavy atom. The van der Waals surface area contributed by atoms with E-state index in [0.29, 0.717) is 15.2 Å². The predicted octanol–water partition coefficient (Wildman–Crippen LogP) is 3.77. The van der Waals surface area contributed by atoms with Gasteiger partial charge in [0.25, 0.3) is 5.91 Å². The normalized spacial score (nSPS) is 10.2. The van der Waals surface area contributed by atoms with Crippen LogP contribution in [0.1, 0.15) is 10.4 Å². The number of halogens is 2. The second-order valence-corrected chi connectivity index (χ2v) is 5.07. The van der Waals surface area contributed by atoms with E-state index in [4.69, 9.17) is 16.7 Å². The van der Waals surface area contributed by atoms with Crippen LogP contribution in [0.25, 0.3) is 0 Å². The summed E-state index contributed by atoms with van der Waals surface area (Å²) in [6.45, 7) is 0. The van der Waals surface area contributed by atoms with Gasteiger partial charge >= 0.3 is 0 Å². The van der Waals surface area contributed by atoms with E-state index < -0.39 is 5.91 Å². The van der Waals surface area contributed by atoms with Gasteiger partial charge in [0.15, 0.2) is 0 Å². The number of anilines is 1. The molecule has 0 bridgehead atoms. The number of amides is 1. The lowest BCUT2D eigenvalue weighted by Gasteiger charge is -2.09. The minimum absolute atomic E-state index is 0.0691. The minimum Gasteiger partial charge on any atom is -0.508 e. The molecule has 0 fully saturated rings. The van der Waals surface area contributed by atoms with Crippen LogP contribution in [0.5, 0.6) is 11.5 Å². The first-order valence-electron chi connectivity index (χ1n) is 5.26. The van der Waals surface area contributed by atoms with Gasteiger partial charge in [-0.15, -0.1) is 0 Å². The summed E-state index contributed by atoms with van der Waals surface area (Å²) < 4.78 is 0.631. The Kier molecular flexibility index (Phi) is 3.97. The molecule has 0 heterocycles. The minimum atomic E-state index is -0.486. The standard InChI is InChI=1S/C13H9BrClNO3/c14-10-5-7(15)1-4-11(10)16-13(19)9-3-2-8(17)6-12(9)18/h1-6,17-18H,(H,16,19). The van der Waals surface area contributed by atoms with Crippen molar-refractivity contribution >= 4 is 39.1 Å². The lowest BCUT2D eigenvalue weighted by atomic mass is 10.1. The fourth-order valence-electron chi connectivity index (χ4n) is 1.49. The third kappa shape index (κ3) is 3.19. The summed E-state index contributed by atoms with van der Waals surface area (Å²) in [6, 6.07) is 8.69. The van der Waals surface area contributed by atoms with Crippen LogP contribution in [-0.4, -0.2) is 16.1 Å². The molecule has 2 aromatic rings. The van der Waals surface area contributed by atoms with Crippen molar-refractivity contribution in [1.29, 1.82) is 0 Å². The average molecular weight is 343 g/mol. The summed E-state index contributed by atoms with van der Waals surface area (Å²) >= 11 is 9.08. The number of carbonyl (C=O) groups is 1. The van der Waals surface area contributed by atoms with Crippen LogP contribution in [-0.2, 0) is 0 Å². The van der Waals surface area contributed by atoms with Gasteiger partial charge in [-0.1, -0.05) is 11.6 Å². The maximum Gasteiger partial charge on any atom is 0.259 e. The molecule has 19 heavy (non-hydrogen) atoms. The van der Waals surface area contributed by atoms with Crippen molar-refractivity contribution in [2.45, 2.75) is 0 Å². The summed E-state index contributed by atoms with van der Waals surface area (Å²) in [5.74, 6) is -0.884. The molecule has 0 aliphatic rings. The van der Waals surface area contributed by atoms with E-state index in [0.717, 1.165) is 6.07 Å². The van der Waals surface area contributed by atoms with Crippen LogP contribution in [0.3, 0.4) is 0 Å². The highest BCUT2D eigenvalue weighted by Gasteiger charge is 2.13. The van der Waals surface area contributed by atoms with Crippen molar-refractivity contribution in [3.8, 4) is 11.5 Å². The van der Waals surface area contributed by atoms with Gasteiger partial charge in [0, 0.05) is 15.6 Å². The molecule has 98 valence electrons. The summed E-state index contributed by atoms with van der Waals surface area (Å²) in [5, 5.41) is 21.9. The van der Waals surface area contributed by atoms with E-state index in [1.165, 1.54) is 12.1 Å². The Labute approximate surface area is 122 Å². The Hall–Kier alpha value is -1.72. The second kappa shape index (κ2) is 5.50. The van der Waals surface area contributed by atoms with E-state index in [-0.39, 0.29) is 17.1 Å². The topological polar surface area (TPSA) is 69.6 Å². The van der Waals surface area contributed by atoms with Crippen LogP contribution in [0.4, 0.5) is 5.69 Å². The predicted molar refractivity (Wildman–Crippen MR) is 76.9 cm³/mol. The first kappa shape index (κ1) is 13.7. The largest absolute Gasteiger partial charge is 0.508 e. The van der Waals surface area contributed by atoms with Gasteiger partial charge in [-0.25, -0.2) is 0 Å². The third-order valence-electron chi connectivity index (χ3n) is 2.41. The molecular formula is C13H9BrClNO3. The molecule has 0 aromatic heterocycles. The molecule has 1 amide bonds. The summed E-state index contributed by atoms with van der Waals surface area (Å²) in [6.07, 6.45) is 0. The molecular weight excluding hydrogens is 334 g/mol. The van der Waals surface area contributed by atoms with E-state index in [9.17, 15) is 9.90 Å². The number of hydrogen-bond donors (Lipinski definition) is 3. The summed E-state index contributed by atoms with van der Waals surface area (Å²) in [5.41, 5.74) is 0.599. The summed E-state index contributed by atoms with van der Waals surface area (Å²) in [4.78, 5) is 12.0. The number of benzene rings is 2. The van der Waals surface area contributed by atoms with E-state index in [1.807, 2.05) is 0 Å². The number of phenolic OH excluding ortho intramolecular Hbond substituents is 2. The van der Waals surface area contributed by atoms with Crippen molar-refractivity contribution in [3.05, 3.63) is 51.5 Å². The highest BCUT2D eigenvalue weighted by molar-refractivity contribution is 9.10. The molecule has 0 radical (unpaired) electrons. The molecule has 2 rings (SSSR count). The van der Waals surface area contributed by atoms with Crippen LogP contribution in [0, 0.1) is 0 Å². The van der Waals surface area contributed by atoms with E-state index >= 15 is 0 Å². The lowest BCUT2D eigenvalue weighted by Crippen LogP contribution is -2.12. The maximum atomic E-state index is 12.0. The highest BCUT2D eigenvalue weighted by Crippen LogP contribution is 2.28. The van der Waals surface area contributed by atoms with Crippen LogP contribution >= 0.6 is 27.5 Å². The van der Waals surface area contributed by atoms with Gasteiger partial charge < -0.3 is 15.5 Å². The molecule has 0 spiro atoms. The Morgan fingerprint density at radius 1 is 1.16 bits per heavy atom. The van der Waals surface area contributed by atoms with Crippen LogP contribution < -0.4 is 5.32 Å². The summed E-state index contributed by atoms with van der Waals surface area (Å²) in [7, 11) is 0. The molecule has 0 aliphatic carbocycles. The average Bonchev–Trinajstić information content (AvgIpc) is 2.32. The SMILES string of the molecule is O=C(Nc1ccc(Cl)cc1Br)c1ccc(O)cc1O. The number of phenols is 2. The Balaban J connectivity index is 2.25. The molecule has 3 N–H and O–H groups in total. The molecule has 4 nitrogen and oxygen atoms in total. The van der Waals surface area contributed by atoms with Crippen molar-refractivity contribution in [2.75, 3.05) is 5.32 Å². The third-order valence-corrected chi connectivity index (χ3v) is 3.30. The van der Waals surface area contributed by atoms with E-state index in [2.05, 4.69) is 21.2 Å². The number of aromatic hydroxyl groups is 2. The van der Waals surface area contributed by atoms with Crippen molar-refractivity contribution in [3.63, 3.8) is 0 Å². The smallest absolute Gasteiger partial charge is 0.259 e. The molecule has 0 atom stereocenters. The van der Waals surface area contributed by atoms with E-state index in [1.54, 1.807) is 18.2 Å². The molecule has 6 heteroatoms. The molecule has 0 saturated heterocycles.